The predicted molar refractivity (Wildman–Crippen MR) is 89.9 cm³/mol. The van der Waals surface area contributed by atoms with Gasteiger partial charge in [0.2, 0.25) is 0 Å². The van der Waals surface area contributed by atoms with E-state index in [1.807, 2.05) is 23.2 Å². The molecule has 2 aromatic heterocycles. The van der Waals surface area contributed by atoms with Gasteiger partial charge in [0.1, 0.15) is 0 Å². The van der Waals surface area contributed by atoms with E-state index in [0.29, 0.717) is 38.0 Å². The summed E-state index contributed by atoms with van der Waals surface area (Å²) < 4.78 is 17.2. The van der Waals surface area contributed by atoms with Crippen LogP contribution in [0.2, 0.25) is 0 Å². The lowest BCUT2D eigenvalue weighted by Crippen LogP contribution is -2.53. The molecule has 0 N–H and O–H groups in total. The molecule has 1 saturated heterocycles. The Morgan fingerprint density at radius 1 is 1.32 bits per heavy atom. The Kier molecular flexibility index (Phi) is 4.81. The first-order chi connectivity index (χ1) is 12.3. The number of carbonyl (C=O) groups is 1. The third kappa shape index (κ3) is 3.45. The second kappa shape index (κ2) is 7.37. The molecule has 2 aromatic rings. The van der Waals surface area contributed by atoms with Gasteiger partial charge in [-0.25, -0.2) is 0 Å². The highest BCUT2D eigenvalue weighted by Crippen LogP contribution is 2.35. The Hall–Kier alpha value is -2.18. The number of carbonyl (C=O) groups excluding carboxylic acids is 1. The number of ether oxygens (including phenoxy) is 2. The molecule has 3 heterocycles. The maximum absolute atomic E-state index is 12.6. The largest absolute Gasteiger partial charge is 0.459 e. The topological polar surface area (TPSA) is 64.8 Å². The van der Waals surface area contributed by atoms with E-state index in [1.165, 1.54) is 6.26 Å². The Morgan fingerprint density at radius 2 is 2.28 bits per heavy atom. The second-order valence-electron chi connectivity index (χ2n) is 6.59. The smallest absolute Gasteiger partial charge is 0.289 e. The number of nitrogens with zero attached hydrogens (tertiary/aromatic N) is 2. The van der Waals surface area contributed by atoms with Crippen LogP contribution in [0.25, 0.3) is 0 Å². The molecule has 132 valence electrons. The number of rotatable bonds is 5. The molecule has 0 spiro atoms. The monoisotopic (exact) mass is 342 g/mol. The Labute approximate surface area is 146 Å². The van der Waals surface area contributed by atoms with Gasteiger partial charge in [0.05, 0.1) is 38.2 Å². The summed E-state index contributed by atoms with van der Waals surface area (Å²) in [5.74, 6) is 0.672. The number of aromatic nitrogens is 1. The second-order valence-corrected chi connectivity index (χ2v) is 6.59. The summed E-state index contributed by atoms with van der Waals surface area (Å²) in [6.07, 6.45) is 7.10. The highest BCUT2D eigenvalue weighted by atomic mass is 16.5. The summed E-state index contributed by atoms with van der Waals surface area (Å²) in [6, 6.07) is 7.49. The molecule has 6 nitrogen and oxygen atoms in total. The Morgan fingerprint density at radius 3 is 3.08 bits per heavy atom. The highest BCUT2D eigenvalue weighted by Gasteiger charge is 2.44. The normalized spacial score (nSPS) is 25.8. The molecule has 0 aromatic carbocycles. The molecule has 0 bridgehead atoms. The average Bonchev–Trinajstić information content (AvgIpc) is 3.32. The number of morpholine rings is 1. The molecular weight excluding hydrogens is 320 g/mol. The quantitative estimate of drug-likeness (QED) is 0.835. The van der Waals surface area contributed by atoms with Crippen LogP contribution in [-0.2, 0) is 16.1 Å². The van der Waals surface area contributed by atoms with E-state index < -0.39 is 0 Å². The van der Waals surface area contributed by atoms with Crippen LogP contribution in [0, 0.1) is 5.92 Å². The third-order valence-electron chi connectivity index (χ3n) is 5.04. The first-order valence-electron chi connectivity index (χ1n) is 8.75. The van der Waals surface area contributed by atoms with Crippen LogP contribution in [0.1, 0.15) is 29.0 Å². The van der Waals surface area contributed by atoms with Crippen molar-refractivity contribution < 1.29 is 18.7 Å². The van der Waals surface area contributed by atoms with E-state index >= 15 is 0 Å². The van der Waals surface area contributed by atoms with Crippen molar-refractivity contribution in [3.05, 3.63) is 54.2 Å². The van der Waals surface area contributed by atoms with Gasteiger partial charge in [0.15, 0.2) is 5.76 Å². The number of hydrogen-bond acceptors (Lipinski definition) is 5. The molecular formula is C19H22N2O4. The van der Waals surface area contributed by atoms with Crippen LogP contribution in [0.15, 0.2) is 47.3 Å². The van der Waals surface area contributed by atoms with Crippen LogP contribution in [0.5, 0.6) is 0 Å². The molecule has 2 fully saturated rings. The maximum atomic E-state index is 12.6. The summed E-state index contributed by atoms with van der Waals surface area (Å²) in [5, 5.41) is 0. The van der Waals surface area contributed by atoms with Gasteiger partial charge < -0.3 is 18.8 Å². The van der Waals surface area contributed by atoms with Crippen LogP contribution >= 0.6 is 0 Å². The van der Waals surface area contributed by atoms with E-state index in [4.69, 9.17) is 13.9 Å². The standard InChI is InChI=1S/C19H22N2O4/c22-19(17-4-2-9-24-17)21-8-10-25-18-15(5-6-16(18)21)13-23-12-14-3-1-7-20-11-14/h1-4,7,9,11,15-16,18H,5-6,8,10,12-13H2/t15?,16-,18-/m0/s1. The maximum Gasteiger partial charge on any atom is 0.289 e. The Balaban J connectivity index is 1.35. The lowest BCUT2D eigenvalue weighted by Gasteiger charge is -2.38. The van der Waals surface area contributed by atoms with Gasteiger partial charge in [-0.2, -0.15) is 0 Å². The fourth-order valence-electron chi connectivity index (χ4n) is 3.84. The number of pyridine rings is 1. The fraction of sp³-hybridized carbons (Fsp3) is 0.474. The SMILES string of the molecule is O=C(c1ccco1)N1CCO[C@H]2C(COCc3cccnc3)CC[C@@H]21. The van der Waals surface area contributed by atoms with Gasteiger partial charge in [0.25, 0.3) is 5.91 Å². The van der Waals surface area contributed by atoms with Crippen molar-refractivity contribution in [2.45, 2.75) is 31.6 Å². The third-order valence-corrected chi connectivity index (χ3v) is 5.04. The summed E-state index contributed by atoms with van der Waals surface area (Å²) in [4.78, 5) is 18.7. The van der Waals surface area contributed by atoms with Gasteiger partial charge >= 0.3 is 0 Å². The molecule has 1 saturated carbocycles. The van der Waals surface area contributed by atoms with Gasteiger partial charge in [-0.15, -0.1) is 0 Å². The molecule has 2 aliphatic rings. The highest BCUT2D eigenvalue weighted by molar-refractivity contribution is 5.91. The number of furan rings is 1. The number of hydrogen-bond donors (Lipinski definition) is 0. The minimum atomic E-state index is -0.0415. The molecule has 1 unspecified atom stereocenters. The zero-order chi connectivity index (χ0) is 17.1. The molecule has 1 aliphatic carbocycles. The van der Waals surface area contributed by atoms with Crippen molar-refractivity contribution in [1.29, 1.82) is 0 Å². The molecule has 6 heteroatoms. The summed E-state index contributed by atoms with van der Waals surface area (Å²) >= 11 is 0. The van der Waals surface area contributed by atoms with Crippen LogP contribution in [-0.4, -0.2) is 47.7 Å². The van der Waals surface area contributed by atoms with E-state index in [1.54, 1.807) is 18.3 Å². The average molecular weight is 342 g/mol. The molecule has 1 aliphatic heterocycles. The predicted octanol–water partition coefficient (Wildman–Crippen LogP) is 2.51. The van der Waals surface area contributed by atoms with Crippen molar-refractivity contribution in [2.75, 3.05) is 19.8 Å². The zero-order valence-corrected chi connectivity index (χ0v) is 14.0. The lowest BCUT2D eigenvalue weighted by atomic mass is 10.0. The fourth-order valence-corrected chi connectivity index (χ4v) is 3.84. The summed E-state index contributed by atoms with van der Waals surface area (Å²) in [7, 11) is 0. The first kappa shape index (κ1) is 16.3. The molecule has 0 radical (unpaired) electrons. The molecule has 25 heavy (non-hydrogen) atoms. The summed E-state index contributed by atoms with van der Waals surface area (Å²) in [5.41, 5.74) is 1.07. The van der Waals surface area contributed by atoms with Gasteiger partial charge in [-0.3, -0.25) is 9.78 Å². The van der Waals surface area contributed by atoms with Gasteiger partial charge in [-0.05, 0) is 36.6 Å². The van der Waals surface area contributed by atoms with Crippen molar-refractivity contribution >= 4 is 5.91 Å². The lowest BCUT2D eigenvalue weighted by molar-refractivity contribution is -0.0770. The minimum absolute atomic E-state index is 0.0415. The van der Waals surface area contributed by atoms with Crippen molar-refractivity contribution in [2.24, 2.45) is 5.92 Å². The van der Waals surface area contributed by atoms with E-state index in [0.717, 1.165) is 18.4 Å². The minimum Gasteiger partial charge on any atom is -0.459 e. The zero-order valence-electron chi connectivity index (χ0n) is 14.0. The van der Waals surface area contributed by atoms with Crippen molar-refractivity contribution in [3.63, 3.8) is 0 Å². The van der Waals surface area contributed by atoms with Crippen LogP contribution in [0.3, 0.4) is 0 Å². The van der Waals surface area contributed by atoms with Crippen LogP contribution < -0.4 is 0 Å². The summed E-state index contributed by atoms with van der Waals surface area (Å²) in [6.45, 7) is 2.37. The van der Waals surface area contributed by atoms with E-state index in [9.17, 15) is 4.79 Å². The van der Waals surface area contributed by atoms with E-state index in [-0.39, 0.29) is 18.1 Å². The Bertz CT molecular complexity index is 689. The molecule has 1 amide bonds. The van der Waals surface area contributed by atoms with Gasteiger partial charge in [0, 0.05) is 24.9 Å². The molecule has 4 rings (SSSR count). The van der Waals surface area contributed by atoms with Gasteiger partial charge in [-0.1, -0.05) is 6.07 Å². The van der Waals surface area contributed by atoms with Crippen molar-refractivity contribution in [1.82, 2.24) is 9.88 Å². The van der Waals surface area contributed by atoms with Crippen LogP contribution in [0.4, 0.5) is 0 Å². The van der Waals surface area contributed by atoms with Crippen molar-refractivity contribution in [3.8, 4) is 0 Å². The first-order valence-corrected chi connectivity index (χ1v) is 8.75. The van der Waals surface area contributed by atoms with E-state index in [2.05, 4.69) is 4.98 Å². The number of amides is 1. The number of fused-ring (bicyclic) bond motifs is 1. The molecule has 3 atom stereocenters.